The van der Waals surface area contributed by atoms with E-state index in [1.54, 1.807) is 23.8 Å². The van der Waals surface area contributed by atoms with E-state index in [1.165, 1.54) is 29.1 Å². The first-order valence-corrected chi connectivity index (χ1v) is 14.5. The van der Waals surface area contributed by atoms with Crippen molar-refractivity contribution < 1.29 is 18.6 Å². The number of urea groups is 1. The van der Waals surface area contributed by atoms with E-state index in [0.717, 1.165) is 31.1 Å². The van der Waals surface area contributed by atoms with Gasteiger partial charge in [0, 0.05) is 45.8 Å². The van der Waals surface area contributed by atoms with E-state index in [9.17, 15) is 14.0 Å². The van der Waals surface area contributed by atoms with Crippen LogP contribution < -0.4 is 0 Å². The second-order valence-corrected chi connectivity index (χ2v) is 11.3. The number of fused-ring (bicyclic) bond motifs is 1. The summed E-state index contributed by atoms with van der Waals surface area (Å²) in [5.74, 6) is 0.140. The highest BCUT2D eigenvalue weighted by atomic mass is 35.5. The number of hydrogen-bond acceptors (Lipinski definition) is 5. The third-order valence-corrected chi connectivity index (χ3v) is 8.73. The van der Waals surface area contributed by atoms with E-state index in [1.807, 2.05) is 12.1 Å². The number of carbonyl (C=O) groups is 2. The summed E-state index contributed by atoms with van der Waals surface area (Å²) in [6.45, 7) is 3.75. The summed E-state index contributed by atoms with van der Waals surface area (Å²) >= 11 is 6.40. The van der Waals surface area contributed by atoms with Crippen molar-refractivity contribution in [2.24, 2.45) is 4.99 Å². The lowest BCUT2D eigenvalue weighted by Gasteiger charge is -2.39. The summed E-state index contributed by atoms with van der Waals surface area (Å²) in [5, 5.41) is 0.283. The molecule has 0 N–H and O–H groups in total. The Labute approximate surface area is 249 Å². The highest BCUT2D eigenvalue weighted by Gasteiger charge is 2.53. The van der Waals surface area contributed by atoms with Crippen molar-refractivity contribution >= 4 is 35.2 Å². The number of amides is 3. The van der Waals surface area contributed by atoms with Gasteiger partial charge >= 0.3 is 11.9 Å². The third kappa shape index (κ3) is 5.24. The number of carbonyl (C=O) groups excluding carboxylic acids is 2. The van der Waals surface area contributed by atoms with Gasteiger partial charge in [0.1, 0.15) is 18.9 Å². The summed E-state index contributed by atoms with van der Waals surface area (Å²) in [6, 6.07) is 24.5. The van der Waals surface area contributed by atoms with Crippen LogP contribution in [0.15, 0.2) is 83.9 Å². The van der Waals surface area contributed by atoms with E-state index in [2.05, 4.69) is 58.3 Å². The molecule has 3 aromatic rings. The molecule has 0 bridgehead atoms. The summed E-state index contributed by atoms with van der Waals surface area (Å²) in [6.07, 6.45) is 0. The molecule has 3 aliphatic rings. The lowest BCUT2D eigenvalue weighted by Crippen LogP contribution is -2.61. The molecule has 0 spiro atoms. The molecule has 0 aromatic heterocycles. The number of hydrogen-bond donors (Lipinski definition) is 0. The molecule has 3 amide bonds. The number of piperazine rings is 1. The van der Waals surface area contributed by atoms with Crippen molar-refractivity contribution in [3.05, 3.63) is 106 Å². The van der Waals surface area contributed by atoms with E-state index in [4.69, 9.17) is 16.6 Å². The maximum absolute atomic E-state index is 14.9. The first-order valence-electron chi connectivity index (χ1n) is 14.1. The Morgan fingerprint density at radius 3 is 2.10 bits per heavy atom. The Morgan fingerprint density at radius 2 is 1.50 bits per heavy atom. The largest absolute Gasteiger partial charge is 0.333 e. The molecule has 0 saturated carbocycles. The molecule has 0 aliphatic carbocycles. The number of rotatable bonds is 7. The molecule has 3 heterocycles. The van der Waals surface area contributed by atoms with Crippen LogP contribution in [-0.4, -0.2) is 101 Å². The summed E-state index contributed by atoms with van der Waals surface area (Å²) in [4.78, 5) is 38.1. The SMILES string of the molecule is CN1C(=O)C2C(=NC(CN3CCN(C(c4ccccc4)c4ccccc4)CC3)=[N+]2Cc2c(F)cccc2Cl)N(C)C1=O. The van der Waals surface area contributed by atoms with E-state index in [-0.39, 0.29) is 17.6 Å². The average molecular weight is 588 g/mol. The van der Waals surface area contributed by atoms with Crippen LogP contribution in [0.25, 0.3) is 0 Å². The number of benzene rings is 3. The molecule has 216 valence electrons. The molecule has 6 rings (SSSR count). The van der Waals surface area contributed by atoms with Crippen LogP contribution in [0.1, 0.15) is 22.7 Å². The van der Waals surface area contributed by atoms with Crippen LogP contribution in [0.3, 0.4) is 0 Å². The molecule has 1 atom stereocenters. The maximum Gasteiger partial charge on any atom is 0.333 e. The quantitative estimate of drug-likeness (QED) is 0.391. The van der Waals surface area contributed by atoms with Crippen molar-refractivity contribution in [3.8, 4) is 0 Å². The van der Waals surface area contributed by atoms with Crippen LogP contribution in [-0.2, 0) is 11.3 Å². The van der Waals surface area contributed by atoms with Crippen LogP contribution in [0.4, 0.5) is 9.18 Å². The topological polar surface area (TPSA) is 62.5 Å². The molecule has 8 nitrogen and oxygen atoms in total. The van der Waals surface area contributed by atoms with E-state index < -0.39 is 23.8 Å². The standard InChI is InChI=1S/C32H33ClFN6O2/c1-36-30-29(31(41)37(2)32(36)42)40(20-24-25(33)14-9-15-26(24)34)27(35-30)21-38-16-18-39(19-17-38)28(22-10-5-3-6-11-22)23-12-7-4-8-13-23/h3-15,28-29H,16-21H2,1-2H3/q+1. The predicted molar refractivity (Wildman–Crippen MR) is 160 cm³/mol. The Hall–Kier alpha value is -3.92. The summed E-state index contributed by atoms with van der Waals surface area (Å²) in [5.41, 5.74) is 2.80. The number of nitrogens with zero attached hydrogens (tertiary/aromatic N) is 6. The molecule has 10 heteroatoms. The molecule has 3 aliphatic heterocycles. The van der Waals surface area contributed by atoms with Gasteiger partial charge in [-0.05, 0) is 28.3 Å². The average Bonchev–Trinajstić information content (AvgIpc) is 3.36. The van der Waals surface area contributed by atoms with Gasteiger partial charge in [-0.1, -0.05) is 78.3 Å². The van der Waals surface area contributed by atoms with E-state index >= 15 is 0 Å². The minimum atomic E-state index is -0.829. The van der Waals surface area contributed by atoms with Gasteiger partial charge < -0.3 is 0 Å². The van der Waals surface area contributed by atoms with Gasteiger partial charge in [-0.15, -0.1) is 0 Å². The highest BCUT2D eigenvalue weighted by Crippen LogP contribution is 2.30. The van der Waals surface area contributed by atoms with Gasteiger partial charge in [-0.3, -0.25) is 24.4 Å². The van der Waals surface area contributed by atoms with Crippen LogP contribution in [0.2, 0.25) is 5.02 Å². The first-order chi connectivity index (χ1) is 20.3. The highest BCUT2D eigenvalue weighted by molar-refractivity contribution is 6.31. The van der Waals surface area contributed by atoms with Crippen molar-refractivity contribution in [2.75, 3.05) is 46.8 Å². The molecule has 2 fully saturated rings. The minimum absolute atomic E-state index is 0.0597. The van der Waals surface area contributed by atoms with Crippen molar-refractivity contribution in [1.29, 1.82) is 0 Å². The fourth-order valence-electron chi connectivity index (χ4n) is 6.08. The van der Waals surface area contributed by atoms with Crippen molar-refractivity contribution in [1.82, 2.24) is 19.6 Å². The first kappa shape index (κ1) is 28.2. The van der Waals surface area contributed by atoms with Crippen LogP contribution in [0, 0.1) is 5.82 Å². The second-order valence-electron chi connectivity index (χ2n) is 10.9. The van der Waals surface area contributed by atoms with Crippen LogP contribution in [0.5, 0.6) is 0 Å². The molecule has 0 radical (unpaired) electrons. The van der Waals surface area contributed by atoms with Gasteiger partial charge in [0.25, 0.3) is 17.8 Å². The number of aliphatic imine (C=N–C) groups is 1. The monoisotopic (exact) mass is 587 g/mol. The lowest BCUT2D eigenvalue weighted by molar-refractivity contribution is -0.552. The predicted octanol–water partition coefficient (Wildman–Crippen LogP) is 4.10. The molecule has 1 unspecified atom stereocenters. The molecule has 42 heavy (non-hydrogen) atoms. The summed E-state index contributed by atoms with van der Waals surface area (Å²) < 4.78 is 16.7. The zero-order valence-electron chi connectivity index (χ0n) is 23.7. The van der Waals surface area contributed by atoms with Crippen LogP contribution >= 0.6 is 11.6 Å². The lowest BCUT2D eigenvalue weighted by atomic mass is 9.96. The van der Waals surface area contributed by atoms with Gasteiger partial charge in [0.2, 0.25) is 0 Å². The van der Waals surface area contributed by atoms with Gasteiger partial charge in [-0.2, -0.15) is 0 Å². The molecular weight excluding hydrogens is 555 g/mol. The van der Waals surface area contributed by atoms with Crippen molar-refractivity contribution in [2.45, 2.75) is 18.6 Å². The summed E-state index contributed by atoms with van der Waals surface area (Å²) in [7, 11) is 3.07. The maximum atomic E-state index is 14.9. The van der Waals surface area contributed by atoms with Gasteiger partial charge in [-0.25, -0.2) is 13.8 Å². The van der Waals surface area contributed by atoms with Gasteiger partial charge in [0.15, 0.2) is 0 Å². The van der Waals surface area contributed by atoms with Crippen molar-refractivity contribution in [3.63, 3.8) is 0 Å². The zero-order valence-corrected chi connectivity index (χ0v) is 24.4. The normalized spacial score (nSPS) is 20.0. The van der Waals surface area contributed by atoms with Gasteiger partial charge in [0.05, 0.1) is 11.1 Å². The third-order valence-electron chi connectivity index (χ3n) is 8.37. The van der Waals surface area contributed by atoms with E-state index in [0.29, 0.717) is 23.8 Å². The smallest absolute Gasteiger partial charge is 0.290 e. The fraction of sp³-hybridized carbons (Fsp3) is 0.312. The molecule has 3 aromatic carbocycles. The Balaban J connectivity index is 1.26. The Bertz CT molecular complexity index is 1500. The Morgan fingerprint density at radius 1 is 0.881 bits per heavy atom. The fourth-order valence-corrected chi connectivity index (χ4v) is 6.30. The minimum Gasteiger partial charge on any atom is -0.290 e. The number of imide groups is 1. The molecular formula is C32H33ClFN6O2+. The zero-order chi connectivity index (χ0) is 29.4. The molecule has 2 saturated heterocycles. The number of likely N-dealkylation sites (N-methyl/N-ethyl adjacent to an activating group) is 2. The second kappa shape index (κ2) is 11.8. The number of halogens is 2. The number of amidine groups is 2. The Kier molecular flexibility index (Phi) is 7.90.